The second-order valence-corrected chi connectivity index (χ2v) is 7.25. The van der Waals surface area contributed by atoms with Crippen LogP contribution < -0.4 is 0 Å². The van der Waals surface area contributed by atoms with Gasteiger partial charge in [-0.1, -0.05) is 28.9 Å². The molecule has 1 fully saturated rings. The Bertz CT molecular complexity index is 957. The molecule has 0 N–H and O–H groups in total. The van der Waals surface area contributed by atoms with Crippen molar-refractivity contribution in [3.8, 4) is 11.4 Å². The van der Waals surface area contributed by atoms with E-state index in [0.717, 1.165) is 24.0 Å². The summed E-state index contributed by atoms with van der Waals surface area (Å²) in [5.74, 6) is 0.672. The van der Waals surface area contributed by atoms with Crippen LogP contribution in [-0.4, -0.2) is 27.5 Å². The van der Waals surface area contributed by atoms with Crippen LogP contribution in [0.3, 0.4) is 0 Å². The van der Waals surface area contributed by atoms with Crippen molar-refractivity contribution in [3.05, 3.63) is 70.8 Å². The molecule has 3 aromatic rings. The van der Waals surface area contributed by atoms with E-state index in [-0.39, 0.29) is 17.8 Å². The van der Waals surface area contributed by atoms with E-state index in [2.05, 4.69) is 10.1 Å². The molecule has 0 saturated carbocycles. The Labute approximate surface area is 167 Å². The minimum absolute atomic E-state index is 0.000383. The Morgan fingerprint density at radius 1 is 1.18 bits per heavy atom. The fraction of sp³-hybridized carbons (Fsp3) is 0.286. The van der Waals surface area contributed by atoms with E-state index in [1.807, 2.05) is 17.0 Å². The highest BCUT2D eigenvalue weighted by atomic mass is 35.5. The van der Waals surface area contributed by atoms with Crippen molar-refractivity contribution in [3.63, 3.8) is 0 Å². The number of rotatable bonds is 5. The molecule has 144 valence electrons. The molecule has 1 amide bonds. The van der Waals surface area contributed by atoms with Crippen LogP contribution in [-0.2, 0) is 11.2 Å². The lowest BCUT2D eigenvalue weighted by atomic mass is 10.0. The standard InChI is InChI=1S/C21H19ClFN3O2/c22-16-7-3-15(4-8-16)21-24-19(28-25-21)11-12-20(27)26-13-1-2-18(26)14-5-9-17(23)10-6-14/h3-10,18H,1-2,11-13H2. The normalized spacial score (nSPS) is 16.5. The fourth-order valence-corrected chi connectivity index (χ4v) is 3.65. The molecule has 1 saturated heterocycles. The van der Waals surface area contributed by atoms with Gasteiger partial charge in [0.2, 0.25) is 17.6 Å². The first kappa shape index (κ1) is 18.6. The second-order valence-electron chi connectivity index (χ2n) is 6.82. The predicted octanol–water partition coefficient (Wildman–Crippen LogP) is 4.83. The van der Waals surface area contributed by atoms with Crippen molar-refractivity contribution in [1.29, 1.82) is 0 Å². The van der Waals surface area contributed by atoms with Gasteiger partial charge in [0.05, 0.1) is 6.04 Å². The number of likely N-dealkylation sites (tertiary alicyclic amines) is 1. The number of halogens is 2. The highest BCUT2D eigenvalue weighted by Crippen LogP contribution is 2.32. The van der Waals surface area contributed by atoms with E-state index in [1.54, 1.807) is 24.3 Å². The molecule has 0 aliphatic carbocycles. The maximum absolute atomic E-state index is 13.2. The van der Waals surface area contributed by atoms with Crippen LogP contribution in [0.25, 0.3) is 11.4 Å². The van der Waals surface area contributed by atoms with Gasteiger partial charge in [-0.15, -0.1) is 0 Å². The van der Waals surface area contributed by atoms with Gasteiger partial charge < -0.3 is 9.42 Å². The Morgan fingerprint density at radius 2 is 1.93 bits per heavy atom. The van der Waals surface area contributed by atoms with Gasteiger partial charge in [0, 0.05) is 30.0 Å². The fourth-order valence-electron chi connectivity index (χ4n) is 3.53. The molecule has 5 nitrogen and oxygen atoms in total. The van der Waals surface area contributed by atoms with Gasteiger partial charge in [0.25, 0.3) is 0 Å². The summed E-state index contributed by atoms with van der Waals surface area (Å²) in [6, 6.07) is 13.5. The van der Waals surface area contributed by atoms with Crippen LogP contribution in [0.1, 0.15) is 36.8 Å². The summed E-state index contributed by atoms with van der Waals surface area (Å²) >= 11 is 5.89. The van der Waals surface area contributed by atoms with E-state index in [4.69, 9.17) is 16.1 Å². The van der Waals surface area contributed by atoms with Gasteiger partial charge in [-0.3, -0.25) is 4.79 Å². The summed E-state index contributed by atoms with van der Waals surface area (Å²) in [6.07, 6.45) is 2.50. The largest absolute Gasteiger partial charge is 0.339 e. The molecule has 1 aromatic heterocycles. The average molecular weight is 400 g/mol. The zero-order valence-electron chi connectivity index (χ0n) is 15.1. The monoisotopic (exact) mass is 399 g/mol. The summed E-state index contributed by atoms with van der Waals surface area (Å²) < 4.78 is 18.5. The molecule has 0 bridgehead atoms. The van der Waals surface area contributed by atoms with Crippen molar-refractivity contribution in [2.75, 3.05) is 6.54 Å². The zero-order chi connectivity index (χ0) is 19.5. The van der Waals surface area contributed by atoms with E-state index < -0.39 is 0 Å². The van der Waals surface area contributed by atoms with Crippen molar-refractivity contribution in [1.82, 2.24) is 15.0 Å². The number of carbonyl (C=O) groups is 1. The molecule has 2 heterocycles. The first-order valence-corrected chi connectivity index (χ1v) is 9.61. The first-order chi connectivity index (χ1) is 13.6. The Balaban J connectivity index is 1.39. The van der Waals surface area contributed by atoms with Gasteiger partial charge >= 0.3 is 0 Å². The maximum Gasteiger partial charge on any atom is 0.227 e. The van der Waals surface area contributed by atoms with Gasteiger partial charge in [0.1, 0.15) is 5.82 Å². The summed E-state index contributed by atoms with van der Waals surface area (Å²) in [7, 11) is 0. The number of carbonyl (C=O) groups excluding carboxylic acids is 1. The van der Waals surface area contributed by atoms with Crippen molar-refractivity contribution in [2.45, 2.75) is 31.7 Å². The summed E-state index contributed by atoms with van der Waals surface area (Å²) in [6.45, 7) is 0.709. The topological polar surface area (TPSA) is 59.2 Å². The maximum atomic E-state index is 13.2. The zero-order valence-corrected chi connectivity index (χ0v) is 15.9. The number of aryl methyl sites for hydroxylation is 1. The van der Waals surface area contributed by atoms with Gasteiger partial charge in [-0.25, -0.2) is 4.39 Å². The molecular weight excluding hydrogens is 381 g/mol. The number of nitrogens with zero attached hydrogens (tertiary/aromatic N) is 3. The number of aromatic nitrogens is 2. The first-order valence-electron chi connectivity index (χ1n) is 9.23. The van der Waals surface area contributed by atoms with E-state index in [1.165, 1.54) is 12.1 Å². The van der Waals surface area contributed by atoms with Crippen LogP contribution in [0.4, 0.5) is 4.39 Å². The third kappa shape index (κ3) is 4.07. The number of benzene rings is 2. The van der Waals surface area contributed by atoms with Gasteiger partial charge in [-0.05, 0) is 54.8 Å². The third-order valence-corrected chi connectivity index (χ3v) is 5.20. The molecule has 2 aromatic carbocycles. The van der Waals surface area contributed by atoms with Crippen molar-refractivity contribution >= 4 is 17.5 Å². The second kappa shape index (κ2) is 8.10. The SMILES string of the molecule is O=C(CCc1nc(-c2ccc(Cl)cc2)no1)N1CCCC1c1ccc(F)cc1. The molecule has 7 heteroatoms. The van der Waals surface area contributed by atoms with Crippen LogP contribution in [0, 0.1) is 5.82 Å². The minimum atomic E-state index is -0.271. The van der Waals surface area contributed by atoms with E-state index >= 15 is 0 Å². The molecule has 0 radical (unpaired) electrons. The van der Waals surface area contributed by atoms with Crippen LogP contribution in [0.15, 0.2) is 53.1 Å². The lowest BCUT2D eigenvalue weighted by Gasteiger charge is -2.25. The van der Waals surface area contributed by atoms with Crippen molar-refractivity contribution in [2.24, 2.45) is 0 Å². The Kier molecular flexibility index (Phi) is 5.39. The van der Waals surface area contributed by atoms with Gasteiger partial charge in [-0.2, -0.15) is 4.98 Å². The number of hydrogen-bond donors (Lipinski definition) is 0. The lowest BCUT2D eigenvalue weighted by molar-refractivity contribution is -0.132. The molecule has 1 aliphatic heterocycles. The lowest BCUT2D eigenvalue weighted by Crippen LogP contribution is -2.30. The van der Waals surface area contributed by atoms with Crippen LogP contribution >= 0.6 is 11.6 Å². The molecule has 1 aliphatic rings. The minimum Gasteiger partial charge on any atom is -0.339 e. The summed E-state index contributed by atoms with van der Waals surface area (Å²) in [5.41, 5.74) is 1.77. The molecule has 1 unspecified atom stereocenters. The van der Waals surface area contributed by atoms with E-state index in [9.17, 15) is 9.18 Å². The summed E-state index contributed by atoms with van der Waals surface area (Å²) in [5, 5.41) is 4.61. The van der Waals surface area contributed by atoms with Gasteiger partial charge in [0.15, 0.2) is 0 Å². The average Bonchev–Trinajstić information content (AvgIpc) is 3.37. The van der Waals surface area contributed by atoms with E-state index in [0.29, 0.717) is 36.1 Å². The molecular formula is C21H19ClFN3O2. The molecule has 28 heavy (non-hydrogen) atoms. The Hall–Kier alpha value is -2.73. The quantitative estimate of drug-likeness (QED) is 0.616. The summed E-state index contributed by atoms with van der Waals surface area (Å²) in [4.78, 5) is 19.0. The number of amides is 1. The smallest absolute Gasteiger partial charge is 0.227 e. The molecule has 0 spiro atoms. The molecule has 1 atom stereocenters. The Morgan fingerprint density at radius 3 is 2.68 bits per heavy atom. The van der Waals surface area contributed by atoms with Crippen LogP contribution in [0.2, 0.25) is 5.02 Å². The van der Waals surface area contributed by atoms with Crippen molar-refractivity contribution < 1.29 is 13.7 Å². The highest BCUT2D eigenvalue weighted by Gasteiger charge is 2.29. The molecule has 4 rings (SSSR count). The van der Waals surface area contributed by atoms with Crippen LogP contribution in [0.5, 0.6) is 0 Å². The number of hydrogen-bond acceptors (Lipinski definition) is 4. The predicted molar refractivity (Wildman–Crippen MR) is 103 cm³/mol. The third-order valence-electron chi connectivity index (χ3n) is 4.95. The highest BCUT2D eigenvalue weighted by molar-refractivity contribution is 6.30.